The fraction of sp³-hybridized carbons (Fsp3) is 0.217. The first kappa shape index (κ1) is 24.1. The summed E-state index contributed by atoms with van der Waals surface area (Å²) >= 11 is 0. The molecule has 0 saturated carbocycles. The maximum Gasteiger partial charge on any atom is 0.340 e. The van der Waals surface area contributed by atoms with Crippen LogP contribution in [0.2, 0.25) is 0 Å². The van der Waals surface area contributed by atoms with E-state index in [1.54, 1.807) is 36.6 Å². The number of anilines is 1. The molecule has 1 aromatic heterocycles. The Bertz CT molecular complexity index is 1300. The van der Waals surface area contributed by atoms with E-state index in [-0.39, 0.29) is 22.0 Å². The molecule has 0 saturated heterocycles. The van der Waals surface area contributed by atoms with Crippen molar-refractivity contribution in [3.05, 3.63) is 77.4 Å². The van der Waals surface area contributed by atoms with E-state index in [2.05, 4.69) is 5.32 Å². The number of aryl methyl sites for hydroxylation is 1. The number of rotatable bonds is 7. The molecule has 3 aromatic rings. The van der Waals surface area contributed by atoms with E-state index in [0.717, 1.165) is 10.00 Å². The quantitative estimate of drug-likeness (QED) is 0.531. The van der Waals surface area contributed by atoms with Crippen molar-refractivity contribution in [2.75, 3.05) is 26.0 Å². The zero-order chi connectivity index (χ0) is 24.3. The van der Waals surface area contributed by atoms with Crippen molar-refractivity contribution < 1.29 is 27.1 Å². The first-order valence-corrected chi connectivity index (χ1v) is 11.4. The summed E-state index contributed by atoms with van der Waals surface area (Å²) < 4.78 is 45.7. The number of carbonyl (C=O) groups is 2. The Morgan fingerprint density at radius 1 is 1.06 bits per heavy atom. The second kappa shape index (κ2) is 9.55. The smallest absolute Gasteiger partial charge is 0.340 e. The molecular weight excluding hydrogens is 449 g/mol. The van der Waals surface area contributed by atoms with E-state index in [0.29, 0.717) is 11.4 Å². The molecule has 0 unspecified atom stereocenters. The lowest BCUT2D eigenvalue weighted by Crippen LogP contribution is -2.23. The highest BCUT2D eigenvalue weighted by atomic mass is 32.2. The molecule has 33 heavy (non-hydrogen) atoms. The van der Waals surface area contributed by atoms with E-state index in [1.807, 2.05) is 0 Å². The number of nitrogens with one attached hydrogen (secondary N) is 1. The van der Waals surface area contributed by atoms with Gasteiger partial charge in [-0.25, -0.2) is 21.9 Å². The van der Waals surface area contributed by atoms with Crippen molar-refractivity contribution >= 4 is 27.6 Å². The highest BCUT2D eigenvalue weighted by molar-refractivity contribution is 7.89. The second-order valence-corrected chi connectivity index (χ2v) is 9.69. The van der Waals surface area contributed by atoms with Gasteiger partial charge in [-0.3, -0.25) is 4.79 Å². The summed E-state index contributed by atoms with van der Waals surface area (Å²) in [5.74, 6) is -1.66. The SMILES string of the molecule is Cc1cc(C(=O)OCC(=O)Nc2cccc(S(=O)(=O)N(C)C)c2)c(C)n1-c1ccc(F)cc1. The molecule has 8 nitrogen and oxygen atoms in total. The Morgan fingerprint density at radius 2 is 1.73 bits per heavy atom. The Hall–Kier alpha value is -3.50. The van der Waals surface area contributed by atoms with Gasteiger partial charge in [0.15, 0.2) is 6.61 Å². The number of nitrogens with zero attached hydrogens (tertiary/aromatic N) is 2. The molecule has 0 bridgehead atoms. The Balaban J connectivity index is 1.68. The molecule has 0 fully saturated rings. The number of benzene rings is 2. The van der Waals surface area contributed by atoms with E-state index >= 15 is 0 Å². The molecule has 1 amide bonds. The lowest BCUT2D eigenvalue weighted by atomic mass is 10.2. The molecule has 0 atom stereocenters. The lowest BCUT2D eigenvalue weighted by Gasteiger charge is -2.13. The summed E-state index contributed by atoms with van der Waals surface area (Å²) in [4.78, 5) is 24.9. The van der Waals surface area contributed by atoms with E-state index < -0.39 is 28.5 Å². The summed E-state index contributed by atoms with van der Waals surface area (Å²) in [6.45, 7) is 2.97. The molecule has 174 valence electrons. The van der Waals surface area contributed by atoms with Gasteiger partial charge in [-0.1, -0.05) is 6.07 Å². The third kappa shape index (κ3) is 5.29. The first-order chi connectivity index (χ1) is 15.5. The fourth-order valence-electron chi connectivity index (χ4n) is 3.31. The molecule has 0 aliphatic rings. The van der Waals surface area contributed by atoms with Crippen LogP contribution < -0.4 is 5.32 Å². The Morgan fingerprint density at radius 3 is 2.36 bits per heavy atom. The van der Waals surface area contributed by atoms with Gasteiger partial charge in [-0.2, -0.15) is 0 Å². The van der Waals surface area contributed by atoms with Crippen LogP contribution in [0.5, 0.6) is 0 Å². The molecule has 10 heteroatoms. The molecule has 0 aliphatic carbocycles. The van der Waals surface area contributed by atoms with Gasteiger partial charge >= 0.3 is 5.97 Å². The van der Waals surface area contributed by atoms with Gasteiger partial charge in [0.1, 0.15) is 5.82 Å². The number of amides is 1. The van der Waals surface area contributed by atoms with Gasteiger partial charge in [0.25, 0.3) is 5.91 Å². The third-order valence-corrected chi connectivity index (χ3v) is 6.78. The van der Waals surface area contributed by atoms with Crippen LogP contribution in [0, 0.1) is 19.7 Å². The largest absolute Gasteiger partial charge is 0.452 e. The highest BCUT2D eigenvalue weighted by Gasteiger charge is 2.20. The number of halogens is 1. The number of sulfonamides is 1. The predicted octanol–water partition coefficient (Wildman–Crippen LogP) is 3.28. The number of esters is 1. The molecule has 3 rings (SSSR count). The molecule has 0 spiro atoms. The number of hydrogen-bond acceptors (Lipinski definition) is 5. The molecule has 0 aliphatic heterocycles. The summed E-state index contributed by atoms with van der Waals surface area (Å²) in [6, 6.07) is 13.3. The molecule has 1 heterocycles. The van der Waals surface area contributed by atoms with Gasteiger partial charge in [-0.15, -0.1) is 0 Å². The third-order valence-electron chi connectivity index (χ3n) is 4.97. The molecule has 0 radical (unpaired) electrons. The maximum absolute atomic E-state index is 13.2. The first-order valence-electron chi connectivity index (χ1n) is 9.95. The van der Waals surface area contributed by atoms with Gasteiger partial charge in [0.2, 0.25) is 10.0 Å². The summed E-state index contributed by atoms with van der Waals surface area (Å²) in [6.07, 6.45) is 0. The average Bonchev–Trinajstić information content (AvgIpc) is 3.07. The zero-order valence-corrected chi connectivity index (χ0v) is 19.4. The maximum atomic E-state index is 13.2. The van der Waals surface area contributed by atoms with E-state index in [4.69, 9.17) is 4.74 Å². The van der Waals surface area contributed by atoms with Gasteiger partial charge in [0.05, 0.1) is 10.5 Å². The zero-order valence-electron chi connectivity index (χ0n) is 18.6. The average molecular weight is 474 g/mol. The Labute approximate surface area is 191 Å². The minimum Gasteiger partial charge on any atom is -0.452 e. The monoisotopic (exact) mass is 473 g/mol. The normalized spacial score (nSPS) is 11.5. The van der Waals surface area contributed by atoms with Crippen molar-refractivity contribution in [1.29, 1.82) is 0 Å². The highest BCUT2D eigenvalue weighted by Crippen LogP contribution is 2.22. The minimum absolute atomic E-state index is 0.0236. The topological polar surface area (TPSA) is 97.7 Å². The van der Waals surface area contributed by atoms with Crippen molar-refractivity contribution in [1.82, 2.24) is 8.87 Å². The second-order valence-electron chi connectivity index (χ2n) is 7.54. The van der Waals surface area contributed by atoms with Crippen LogP contribution in [-0.2, 0) is 19.6 Å². The van der Waals surface area contributed by atoms with E-state index in [1.165, 1.54) is 50.5 Å². The van der Waals surface area contributed by atoms with Gasteiger partial charge in [-0.05, 0) is 62.4 Å². The van der Waals surface area contributed by atoms with Crippen LogP contribution in [0.3, 0.4) is 0 Å². The predicted molar refractivity (Wildman–Crippen MR) is 121 cm³/mol. The van der Waals surface area contributed by atoms with Gasteiger partial charge in [0, 0.05) is 36.9 Å². The Kier molecular flexibility index (Phi) is 6.99. The number of hydrogen-bond donors (Lipinski definition) is 1. The molecule has 1 N–H and O–H groups in total. The van der Waals surface area contributed by atoms with Crippen LogP contribution in [-0.4, -0.2) is 49.9 Å². The van der Waals surface area contributed by atoms with Crippen LogP contribution in [0.15, 0.2) is 59.5 Å². The number of aromatic nitrogens is 1. The van der Waals surface area contributed by atoms with Crippen molar-refractivity contribution in [3.8, 4) is 5.69 Å². The van der Waals surface area contributed by atoms with Crippen LogP contribution in [0.1, 0.15) is 21.7 Å². The lowest BCUT2D eigenvalue weighted by molar-refractivity contribution is -0.119. The van der Waals surface area contributed by atoms with Crippen LogP contribution in [0.4, 0.5) is 10.1 Å². The minimum atomic E-state index is -3.66. The summed E-state index contributed by atoms with van der Waals surface area (Å²) in [5, 5.41) is 2.52. The van der Waals surface area contributed by atoms with Crippen molar-refractivity contribution in [2.24, 2.45) is 0 Å². The molecular formula is C23H24FN3O5S. The van der Waals surface area contributed by atoms with Crippen LogP contribution >= 0.6 is 0 Å². The summed E-state index contributed by atoms with van der Waals surface area (Å²) in [5.41, 5.74) is 2.56. The number of ether oxygens (including phenoxy) is 1. The molecule has 2 aromatic carbocycles. The van der Waals surface area contributed by atoms with Crippen molar-refractivity contribution in [2.45, 2.75) is 18.7 Å². The van der Waals surface area contributed by atoms with E-state index in [9.17, 15) is 22.4 Å². The van der Waals surface area contributed by atoms with Crippen LogP contribution in [0.25, 0.3) is 5.69 Å². The number of carbonyl (C=O) groups excluding carboxylic acids is 2. The fourth-order valence-corrected chi connectivity index (χ4v) is 4.26. The van der Waals surface area contributed by atoms with Crippen molar-refractivity contribution in [3.63, 3.8) is 0 Å². The summed E-state index contributed by atoms with van der Waals surface area (Å²) in [7, 11) is -0.836. The van der Waals surface area contributed by atoms with Gasteiger partial charge < -0.3 is 14.6 Å². The standard InChI is InChI=1S/C23H24FN3O5S/c1-15-12-21(16(2)27(15)19-10-8-17(24)9-11-19)23(29)32-14-22(28)25-18-6-5-7-20(13-18)33(30,31)26(3)4/h5-13H,14H2,1-4H3,(H,25,28).